The number of methoxy groups -OCH3 is 1. The molecule has 22 heavy (non-hydrogen) atoms. The molecule has 0 aliphatic rings. The zero-order valence-corrected chi connectivity index (χ0v) is 13.6. The number of esters is 1. The topological polar surface area (TPSA) is 81.7 Å². The quantitative estimate of drug-likeness (QED) is 0.681. The lowest BCUT2D eigenvalue weighted by atomic mass is 10.2. The van der Waals surface area contributed by atoms with Crippen LogP contribution in [-0.2, 0) is 29.9 Å². The molecule has 0 saturated carbocycles. The summed E-state index contributed by atoms with van der Waals surface area (Å²) < 4.78 is 21.8. The van der Waals surface area contributed by atoms with Gasteiger partial charge in [0.05, 0.1) is 17.9 Å². The predicted molar refractivity (Wildman–Crippen MR) is 82.8 cm³/mol. The Labute approximate surface area is 132 Å². The number of hydrogen-bond donors (Lipinski definition) is 1. The average Bonchev–Trinajstić information content (AvgIpc) is 2.56. The molecular weight excluding hydrogens is 306 g/mol. The van der Waals surface area contributed by atoms with Gasteiger partial charge in [-0.25, -0.2) is 4.79 Å². The van der Waals surface area contributed by atoms with E-state index in [-0.39, 0.29) is 18.8 Å². The number of amides is 1. The van der Waals surface area contributed by atoms with Crippen molar-refractivity contribution in [1.29, 1.82) is 0 Å². The minimum Gasteiger partial charge on any atom is -0.467 e. The fraction of sp³-hybridized carbons (Fsp3) is 0.467. The van der Waals surface area contributed by atoms with Gasteiger partial charge in [-0.15, -0.1) is 0 Å². The summed E-state index contributed by atoms with van der Waals surface area (Å²) in [6, 6.07) is 8.13. The molecule has 0 aliphatic carbocycles. The summed E-state index contributed by atoms with van der Waals surface area (Å²) in [6.45, 7) is 2.06. The second kappa shape index (κ2) is 10.1. The monoisotopic (exact) mass is 327 g/mol. The second-order valence-corrected chi connectivity index (χ2v) is 6.00. The molecule has 7 heteroatoms. The van der Waals surface area contributed by atoms with Crippen molar-refractivity contribution >= 4 is 22.7 Å². The molecule has 0 heterocycles. The molecule has 0 spiro atoms. The Morgan fingerprint density at radius 2 is 1.95 bits per heavy atom. The number of ether oxygens (including phenoxy) is 2. The van der Waals surface area contributed by atoms with Crippen molar-refractivity contribution in [3.63, 3.8) is 0 Å². The molecule has 122 valence electrons. The first-order valence-corrected chi connectivity index (χ1v) is 8.28. The lowest BCUT2D eigenvalue weighted by Gasteiger charge is -2.16. The predicted octanol–water partition coefficient (Wildman–Crippen LogP) is 0.879. The zero-order valence-electron chi connectivity index (χ0n) is 12.7. The molecule has 1 aromatic carbocycles. The van der Waals surface area contributed by atoms with Crippen molar-refractivity contribution in [3.8, 4) is 0 Å². The molecule has 0 saturated heterocycles. The van der Waals surface area contributed by atoms with Gasteiger partial charge in [-0.3, -0.25) is 9.00 Å². The van der Waals surface area contributed by atoms with Gasteiger partial charge in [-0.2, -0.15) is 0 Å². The summed E-state index contributed by atoms with van der Waals surface area (Å²) in [5.41, 5.74) is 0. The Hall–Kier alpha value is -1.73. The van der Waals surface area contributed by atoms with Crippen molar-refractivity contribution < 1.29 is 23.3 Å². The maximum atomic E-state index is 12.1. The largest absolute Gasteiger partial charge is 0.467 e. The van der Waals surface area contributed by atoms with Crippen LogP contribution in [0, 0.1) is 0 Å². The van der Waals surface area contributed by atoms with Crippen LogP contribution in [0.1, 0.15) is 13.3 Å². The van der Waals surface area contributed by atoms with Crippen LogP contribution in [0.15, 0.2) is 35.2 Å². The first kappa shape index (κ1) is 18.3. The van der Waals surface area contributed by atoms with Gasteiger partial charge in [0.2, 0.25) is 5.91 Å². The van der Waals surface area contributed by atoms with E-state index in [0.717, 1.165) is 0 Å². The van der Waals surface area contributed by atoms with Gasteiger partial charge in [0.1, 0.15) is 12.6 Å². The summed E-state index contributed by atoms with van der Waals surface area (Å²) in [5.74, 6) is -0.712. The highest BCUT2D eigenvalue weighted by molar-refractivity contribution is 7.85. The number of rotatable bonds is 9. The van der Waals surface area contributed by atoms with Gasteiger partial charge in [0.15, 0.2) is 0 Å². The molecule has 1 amide bonds. The molecule has 1 rings (SSSR count). The number of carbonyl (C=O) groups excluding carboxylic acids is 2. The van der Waals surface area contributed by atoms with Gasteiger partial charge in [0.25, 0.3) is 0 Å². The van der Waals surface area contributed by atoms with Crippen LogP contribution in [0.5, 0.6) is 0 Å². The summed E-state index contributed by atoms with van der Waals surface area (Å²) >= 11 is 0. The lowest BCUT2D eigenvalue weighted by Crippen LogP contribution is -2.43. The zero-order chi connectivity index (χ0) is 16.4. The first-order chi connectivity index (χ1) is 10.6. The van der Waals surface area contributed by atoms with E-state index < -0.39 is 28.7 Å². The van der Waals surface area contributed by atoms with E-state index in [1.807, 2.05) is 6.07 Å². The normalized spacial score (nSPS) is 13.2. The van der Waals surface area contributed by atoms with Crippen molar-refractivity contribution in [2.45, 2.75) is 24.3 Å². The van der Waals surface area contributed by atoms with E-state index in [9.17, 15) is 13.8 Å². The Balaban J connectivity index is 2.56. The fourth-order valence-corrected chi connectivity index (χ4v) is 2.88. The van der Waals surface area contributed by atoms with Crippen molar-refractivity contribution in [1.82, 2.24) is 5.32 Å². The molecule has 0 aromatic heterocycles. The minimum atomic E-state index is -1.23. The minimum absolute atomic E-state index is 0.119. The molecule has 0 radical (unpaired) electrons. The van der Waals surface area contributed by atoms with E-state index in [0.29, 0.717) is 11.5 Å². The molecule has 1 N–H and O–H groups in total. The highest BCUT2D eigenvalue weighted by Crippen LogP contribution is 2.08. The Morgan fingerprint density at radius 1 is 1.27 bits per heavy atom. The van der Waals surface area contributed by atoms with E-state index in [2.05, 4.69) is 10.1 Å². The van der Waals surface area contributed by atoms with E-state index in [1.165, 1.54) is 7.11 Å². The standard InChI is InChI=1S/C15H21NO5S/c1-3-21-11-14(17)16-13(15(18)20-2)9-10-22(19)12-7-5-4-6-8-12/h4-8,13H,3,9-11H2,1-2H3,(H,16,17)/t13-,22-/m1/s1. The smallest absolute Gasteiger partial charge is 0.328 e. The molecule has 0 unspecified atom stereocenters. The first-order valence-electron chi connectivity index (χ1n) is 6.96. The third kappa shape index (κ3) is 6.36. The molecule has 1 aromatic rings. The molecule has 2 atom stereocenters. The second-order valence-electron chi connectivity index (χ2n) is 4.43. The molecule has 0 bridgehead atoms. The van der Waals surface area contributed by atoms with Gasteiger partial charge < -0.3 is 14.8 Å². The number of benzene rings is 1. The van der Waals surface area contributed by atoms with Crippen LogP contribution in [0.3, 0.4) is 0 Å². The van der Waals surface area contributed by atoms with Crippen molar-refractivity contribution in [2.75, 3.05) is 26.1 Å². The van der Waals surface area contributed by atoms with Crippen molar-refractivity contribution in [2.24, 2.45) is 0 Å². The fourth-order valence-electron chi connectivity index (χ4n) is 1.74. The van der Waals surface area contributed by atoms with Gasteiger partial charge in [0, 0.05) is 17.3 Å². The van der Waals surface area contributed by atoms with Gasteiger partial charge >= 0.3 is 5.97 Å². The third-order valence-electron chi connectivity index (χ3n) is 2.86. The Bertz CT molecular complexity index is 506. The summed E-state index contributed by atoms with van der Waals surface area (Å²) in [6.07, 6.45) is 0.228. The SMILES string of the molecule is CCOCC(=O)N[C@H](CC[S@@](=O)c1ccccc1)C(=O)OC. The van der Waals surface area contributed by atoms with Crippen LogP contribution in [-0.4, -0.2) is 48.2 Å². The molecule has 6 nitrogen and oxygen atoms in total. The molecule has 0 aliphatic heterocycles. The third-order valence-corrected chi connectivity index (χ3v) is 4.26. The number of nitrogens with one attached hydrogen (secondary N) is 1. The van der Waals surface area contributed by atoms with Crippen LogP contribution in [0.4, 0.5) is 0 Å². The van der Waals surface area contributed by atoms with E-state index >= 15 is 0 Å². The summed E-state index contributed by atoms with van der Waals surface area (Å²) in [7, 11) is 0.0152. The molecular formula is C15H21NO5S. The number of hydrogen-bond acceptors (Lipinski definition) is 5. The summed E-state index contributed by atoms with van der Waals surface area (Å²) in [4.78, 5) is 24.0. The van der Waals surface area contributed by atoms with Crippen LogP contribution < -0.4 is 5.32 Å². The van der Waals surface area contributed by atoms with Gasteiger partial charge in [-0.05, 0) is 25.5 Å². The average molecular weight is 327 g/mol. The summed E-state index contributed by atoms with van der Waals surface area (Å²) in [5, 5.41) is 2.54. The van der Waals surface area contributed by atoms with Crippen molar-refractivity contribution in [3.05, 3.63) is 30.3 Å². The highest BCUT2D eigenvalue weighted by Gasteiger charge is 2.22. The highest BCUT2D eigenvalue weighted by atomic mass is 32.2. The van der Waals surface area contributed by atoms with Gasteiger partial charge in [-0.1, -0.05) is 18.2 Å². The maximum absolute atomic E-state index is 12.1. The van der Waals surface area contributed by atoms with Crippen LogP contribution in [0.2, 0.25) is 0 Å². The Kier molecular flexibility index (Phi) is 8.39. The van der Waals surface area contributed by atoms with E-state index in [4.69, 9.17) is 4.74 Å². The number of carbonyl (C=O) groups is 2. The van der Waals surface area contributed by atoms with Crippen LogP contribution >= 0.6 is 0 Å². The maximum Gasteiger partial charge on any atom is 0.328 e. The molecule has 0 fully saturated rings. The lowest BCUT2D eigenvalue weighted by molar-refractivity contribution is -0.145. The van der Waals surface area contributed by atoms with Crippen LogP contribution in [0.25, 0.3) is 0 Å². The Morgan fingerprint density at radius 3 is 2.55 bits per heavy atom. The van der Waals surface area contributed by atoms with E-state index in [1.54, 1.807) is 31.2 Å².